The zero-order valence-electron chi connectivity index (χ0n) is 16.6. The maximum Gasteiger partial charge on any atom is 0.222 e. The summed E-state index contributed by atoms with van der Waals surface area (Å²) in [6, 6.07) is 19.4. The fourth-order valence-corrected chi connectivity index (χ4v) is 3.17. The van der Waals surface area contributed by atoms with Crippen LogP contribution in [0.25, 0.3) is 22.2 Å². The Morgan fingerprint density at radius 2 is 1.87 bits per heavy atom. The number of carbonyl (C=O) groups is 1. The van der Waals surface area contributed by atoms with Crippen molar-refractivity contribution >= 4 is 28.3 Å². The number of amides is 1. The molecule has 0 bridgehead atoms. The highest BCUT2D eigenvalue weighted by Crippen LogP contribution is 2.30. The molecule has 2 aromatic heterocycles. The molecular formula is C24H19FN4O. The summed E-state index contributed by atoms with van der Waals surface area (Å²) in [5.41, 5.74) is 3.01. The average molecular weight is 398 g/mol. The summed E-state index contributed by atoms with van der Waals surface area (Å²) < 4.78 is 13.9. The summed E-state index contributed by atoms with van der Waals surface area (Å²) in [4.78, 5) is 25.5. The van der Waals surface area contributed by atoms with Gasteiger partial charge in [-0.25, -0.2) is 14.4 Å². The Kier molecular flexibility index (Phi) is 5.30. The summed E-state index contributed by atoms with van der Waals surface area (Å²) >= 11 is 0. The monoisotopic (exact) mass is 398 g/mol. The molecule has 0 radical (unpaired) electrons. The number of nitrogens with one attached hydrogen (secondary N) is 1. The number of aryl methyl sites for hydroxylation is 1. The number of rotatable bonds is 3. The van der Waals surface area contributed by atoms with Gasteiger partial charge in [0.05, 0.1) is 11.4 Å². The van der Waals surface area contributed by atoms with Crippen LogP contribution in [0, 0.1) is 12.7 Å². The van der Waals surface area contributed by atoms with Gasteiger partial charge in [-0.2, -0.15) is 0 Å². The molecule has 0 fully saturated rings. The molecule has 0 aliphatic heterocycles. The largest absolute Gasteiger partial charge is 0.310 e. The van der Waals surface area contributed by atoms with Crippen LogP contribution in [-0.4, -0.2) is 21.7 Å². The second-order valence-electron chi connectivity index (χ2n) is 6.92. The number of amidine groups is 1. The number of nitrogens with zero attached hydrogens (tertiary/aromatic N) is 3. The molecule has 4 aromatic rings. The van der Waals surface area contributed by atoms with Gasteiger partial charge in [0.1, 0.15) is 11.7 Å². The summed E-state index contributed by atoms with van der Waals surface area (Å²) in [5, 5.41) is 4.11. The molecule has 0 saturated carbocycles. The number of pyridine rings is 2. The molecule has 0 aliphatic rings. The molecule has 148 valence electrons. The molecule has 0 saturated heterocycles. The van der Waals surface area contributed by atoms with Gasteiger partial charge in [0.15, 0.2) is 5.82 Å². The predicted octanol–water partition coefficient (Wildman–Crippen LogP) is 4.96. The number of halogens is 1. The van der Waals surface area contributed by atoms with Gasteiger partial charge in [-0.3, -0.25) is 9.78 Å². The highest BCUT2D eigenvalue weighted by Gasteiger charge is 2.12. The molecule has 4 rings (SSSR count). The van der Waals surface area contributed by atoms with E-state index in [-0.39, 0.29) is 11.7 Å². The van der Waals surface area contributed by atoms with E-state index in [1.165, 1.54) is 19.1 Å². The van der Waals surface area contributed by atoms with Crippen molar-refractivity contribution in [1.82, 2.24) is 15.3 Å². The van der Waals surface area contributed by atoms with Crippen molar-refractivity contribution < 1.29 is 9.18 Å². The van der Waals surface area contributed by atoms with Crippen LogP contribution in [0.1, 0.15) is 18.1 Å². The number of hydrogen-bond acceptors (Lipinski definition) is 4. The number of fused-ring (bicyclic) bond motifs is 1. The molecule has 0 aliphatic carbocycles. The van der Waals surface area contributed by atoms with E-state index in [4.69, 9.17) is 0 Å². The molecule has 6 heteroatoms. The Labute approximate surface area is 173 Å². The smallest absolute Gasteiger partial charge is 0.222 e. The number of benzene rings is 2. The van der Waals surface area contributed by atoms with E-state index in [1.54, 1.807) is 18.3 Å². The van der Waals surface area contributed by atoms with Gasteiger partial charge >= 0.3 is 0 Å². The fourth-order valence-electron chi connectivity index (χ4n) is 3.17. The lowest BCUT2D eigenvalue weighted by molar-refractivity contribution is -0.117. The quantitative estimate of drug-likeness (QED) is 0.392. The van der Waals surface area contributed by atoms with Crippen LogP contribution in [0.4, 0.5) is 10.2 Å². The first-order valence-electron chi connectivity index (χ1n) is 9.44. The van der Waals surface area contributed by atoms with Crippen LogP contribution in [0.5, 0.6) is 0 Å². The standard InChI is InChI=1S/C24H19FN4O/c1-15-6-5-7-17(12-15)23(27-16(2)30)29-24-20-10-9-19(25)13-18(20)14-22(28-24)21-8-3-4-11-26-21/h3-14H,1-2H3,(H,27,28,29,30). The van der Waals surface area contributed by atoms with Crippen molar-refractivity contribution in [2.24, 2.45) is 4.99 Å². The van der Waals surface area contributed by atoms with Gasteiger partial charge in [0.25, 0.3) is 0 Å². The molecule has 0 unspecified atom stereocenters. The highest BCUT2D eigenvalue weighted by atomic mass is 19.1. The van der Waals surface area contributed by atoms with Gasteiger partial charge < -0.3 is 5.32 Å². The van der Waals surface area contributed by atoms with Crippen LogP contribution in [0.15, 0.2) is 77.9 Å². The van der Waals surface area contributed by atoms with Crippen molar-refractivity contribution in [3.63, 3.8) is 0 Å². The topological polar surface area (TPSA) is 67.2 Å². The van der Waals surface area contributed by atoms with Gasteiger partial charge in [-0.15, -0.1) is 0 Å². The van der Waals surface area contributed by atoms with E-state index in [9.17, 15) is 9.18 Å². The van der Waals surface area contributed by atoms with Gasteiger partial charge in [0, 0.05) is 24.1 Å². The molecular weight excluding hydrogens is 379 g/mol. The Morgan fingerprint density at radius 1 is 1.00 bits per heavy atom. The fraction of sp³-hybridized carbons (Fsp3) is 0.0833. The lowest BCUT2D eigenvalue weighted by Crippen LogP contribution is -2.29. The first kappa shape index (κ1) is 19.4. The van der Waals surface area contributed by atoms with E-state index < -0.39 is 0 Å². The molecule has 1 amide bonds. The van der Waals surface area contributed by atoms with Crippen LogP contribution >= 0.6 is 0 Å². The Hall–Kier alpha value is -3.93. The molecule has 2 heterocycles. The summed E-state index contributed by atoms with van der Waals surface area (Å²) in [7, 11) is 0. The van der Waals surface area contributed by atoms with Gasteiger partial charge in [-0.05, 0) is 54.8 Å². The minimum Gasteiger partial charge on any atom is -0.310 e. The van der Waals surface area contributed by atoms with E-state index >= 15 is 0 Å². The molecule has 30 heavy (non-hydrogen) atoms. The van der Waals surface area contributed by atoms with Crippen molar-refractivity contribution in [3.05, 3.63) is 89.9 Å². The minimum atomic E-state index is -0.351. The van der Waals surface area contributed by atoms with Crippen molar-refractivity contribution in [2.45, 2.75) is 13.8 Å². The first-order chi connectivity index (χ1) is 14.5. The number of hydrogen-bond donors (Lipinski definition) is 1. The Morgan fingerprint density at radius 3 is 2.60 bits per heavy atom. The second kappa shape index (κ2) is 8.21. The van der Waals surface area contributed by atoms with Crippen LogP contribution < -0.4 is 5.32 Å². The molecule has 1 N–H and O–H groups in total. The Balaban J connectivity index is 1.95. The summed E-state index contributed by atoms with van der Waals surface area (Å²) in [5.74, 6) is 0.156. The number of aliphatic imine (C=N–C) groups is 1. The number of aromatic nitrogens is 2. The lowest BCUT2D eigenvalue weighted by Gasteiger charge is -2.11. The van der Waals surface area contributed by atoms with Crippen molar-refractivity contribution in [3.8, 4) is 11.4 Å². The second-order valence-corrected chi connectivity index (χ2v) is 6.92. The molecule has 0 atom stereocenters. The van der Waals surface area contributed by atoms with Crippen molar-refractivity contribution in [1.29, 1.82) is 0 Å². The SMILES string of the molecule is CC(=O)N/C(=N\c1nc(-c2ccccn2)cc2cc(F)ccc12)c1cccc(C)c1. The molecule has 2 aromatic carbocycles. The summed E-state index contributed by atoms with van der Waals surface area (Å²) in [6.07, 6.45) is 1.67. The normalized spacial score (nSPS) is 11.5. The third-order valence-electron chi connectivity index (χ3n) is 4.50. The maximum atomic E-state index is 13.9. The molecule has 5 nitrogen and oxygen atoms in total. The molecule has 0 spiro atoms. The maximum absolute atomic E-state index is 13.9. The number of carbonyl (C=O) groups excluding carboxylic acids is 1. The third-order valence-corrected chi connectivity index (χ3v) is 4.50. The van der Waals surface area contributed by atoms with Gasteiger partial charge in [0.2, 0.25) is 5.91 Å². The zero-order chi connectivity index (χ0) is 21.1. The Bertz CT molecular complexity index is 1270. The lowest BCUT2D eigenvalue weighted by atomic mass is 10.1. The highest BCUT2D eigenvalue weighted by molar-refractivity contribution is 6.09. The first-order valence-corrected chi connectivity index (χ1v) is 9.44. The summed E-state index contributed by atoms with van der Waals surface area (Å²) in [6.45, 7) is 3.39. The van der Waals surface area contributed by atoms with E-state index in [0.717, 1.165) is 11.1 Å². The van der Waals surface area contributed by atoms with Crippen LogP contribution in [0.2, 0.25) is 0 Å². The van der Waals surface area contributed by atoms with Crippen LogP contribution in [0.3, 0.4) is 0 Å². The average Bonchev–Trinajstić information content (AvgIpc) is 2.73. The van der Waals surface area contributed by atoms with Gasteiger partial charge in [-0.1, -0.05) is 29.8 Å². The van der Waals surface area contributed by atoms with Crippen LogP contribution in [-0.2, 0) is 4.79 Å². The van der Waals surface area contributed by atoms with E-state index in [0.29, 0.717) is 33.8 Å². The van der Waals surface area contributed by atoms with E-state index in [1.807, 2.05) is 49.4 Å². The minimum absolute atomic E-state index is 0.244. The van der Waals surface area contributed by atoms with Crippen molar-refractivity contribution in [2.75, 3.05) is 0 Å². The predicted molar refractivity (Wildman–Crippen MR) is 116 cm³/mol. The van der Waals surface area contributed by atoms with E-state index in [2.05, 4.69) is 20.3 Å². The zero-order valence-corrected chi connectivity index (χ0v) is 16.6. The third kappa shape index (κ3) is 4.22.